The summed E-state index contributed by atoms with van der Waals surface area (Å²) in [6.07, 6.45) is 1.78. The van der Waals surface area contributed by atoms with Crippen LogP contribution in [0.4, 0.5) is 4.79 Å². The van der Waals surface area contributed by atoms with Gasteiger partial charge in [-0.1, -0.05) is 20.8 Å². The second-order valence-corrected chi connectivity index (χ2v) is 12.1. The first-order valence-corrected chi connectivity index (χ1v) is 10.7. The lowest BCUT2D eigenvalue weighted by atomic mass is 10.0. The molecule has 132 valence electrons. The van der Waals surface area contributed by atoms with Crippen LogP contribution in [0.3, 0.4) is 0 Å². The Morgan fingerprint density at radius 2 is 2.00 bits per heavy atom. The quantitative estimate of drug-likeness (QED) is 0.662. The Morgan fingerprint density at radius 3 is 2.54 bits per heavy atom. The SMILES string of the molecule is CC(C)(C)[Si](C)(C)Oc1cnn(C2CCC(=O)N(C(=O)O)C2=O)c1. The van der Waals surface area contributed by atoms with Crippen molar-refractivity contribution in [3.05, 3.63) is 12.4 Å². The van der Waals surface area contributed by atoms with E-state index in [4.69, 9.17) is 9.53 Å². The van der Waals surface area contributed by atoms with Gasteiger partial charge in [0.05, 0.1) is 12.4 Å². The van der Waals surface area contributed by atoms with Gasteiger partial charge in [0.15, 0.2) is 0 Å². The Labute approximate surface area is 141 Å². The predicted octanol–water partition coefficient (Wildman–Crippen LogP) is 2.64. The molecule has 1 unspecified atom stereocenters. The molecule has 1 aromatic rings. The highest BCUT2D eigenvalue weighted by molar-refractivity contribution is 6.74. The minimum absolute atomic E-state index is 0.0129. The molecule has 1 saturated heterocycles. The first-order valence-electron chi connectivity index (χ1n) is 7.77. The third-order valence-electron chi connectivity index (χ3n) is 4.65. The van der Waals surface area contributed by atoms with Crippen molar-refractivity contribution in [1.29, 1.82) is 0 Å². The molecule has 0 aliphatic carbocycles. The van der Waals surface area contributed by atoms with Crippen molar-refractivity contribution >= 4 is 26.2 Å². The summed E-state index contributed by atoms with van der Waals surface area (Å²) in [5.41, 5.74) is 0. The number of carboxylic acid groups (broad SMARTS) is 1. The molecule has 0 radical (unpaired) electrons. The van der Waals surface area contributed by atoms with Crippen molar-refractivity contribution in [2.75, 3.05) is 0 Å². The minimum Gasteiger partial charge on any atom is -0.541 e. The highest BCUT2D eigenvalue weighted by atomic mass is 28.4. The number of likely N-dealkylation sites (tertiary alicyclic amines) is 1. The van der Waals surface area contributed by atoms with Crippen molar-refractivity contribution in [2.45, 2.75) is 57.8 Å². The predicted molar refractivity (Wildman–Crippen MR) is 88.2 cm³/mol. The number of carbonyl (C=O) groups excluding carboxylic acids is 2. The van der Waals surface area contributed by atoms with Gasteiger partial charge in [0.2, 0.25) is 5.91 Å². The van der Waals surface area contributed by atoms with E-state index in [-0.39, 0.29) is 22.8 Å². The molecule has 1 aliphatic heterocycles. The number of nitrogens with zero attached hydrogens (tertiary/aromatic N) is 3. The van der Waals surface area contributed by atoms with Crippen molar-refractivity contribution in [3.63, 3.8) is 0 Å². The largest absolute Gasteiger partial charge is 0.541 e. The fourth-order valence-electron chi connectivity index (χ4n) is 2.21. The van der Waals surface area contributed by atoms with Crippen LogP contribution >= 0.6 is 0 Å². The smallest absolute Gasteiger partial charge is 0.421 e. The summed E-state index contributed by atoms with van der Waals surface area (Å²) >= 11 is 0. The molecule has 0 saturated carbocycles. The monoisotopic (exact) mass is 353 g/mol. The van der Waals surface area contributed by atoms with Gasteiger partial charge in [-0.15, -0.1) is 0 Å². The molecule has 1 aliphatic rings. The lowest BCUT2D eigenvalue weighted by Crippen LogP contribution is -2.48. The molecule has 2 rings (SSSR count). The Kier molecular flexibility index (Phi) is 4.58. The topological polar surface area (TPSA) is 102 Å². The molecule has 0 bridgehead atoms. The number of amides is 3. The fourth-order valence-corrected chi connectivity index (χ4v) is 3.21. The maximum atomic E-state index is 12.3. The van der Waals surface area contributed by atoms with Crippen molar-refractivity contribution < 1.29 is 23.9 Å². The molecule has 24 heavy (non-hydrogen) atoms. The number of hydrogen-bond acceptors (Lipinski definition) is 5. The Hall–Kier alpha value is -2.16. The molecule has 0 spiro atoms. The van der Waals surface area contributed by atoms with Crippen LogP contribution < -0.4 is 4.43 Å². The summed E-state index contributed by atoms with van der Waals surface area (Å²) in [7, 11) is -2.04. The van der Waals surface area contributed by atoms with Crippen LogP contribution in [-0.2, 0) is 9.59 Å². The van der Waals surface area contributed by atoms with Crippen molar-refractivity contribution in [1.82, 2.24) is 14.7 Å². The van der Waals surface area contributed by atoms with Crippen LogP contribution in [0.1, 0.15) is 39.7 Å². The van der Waals surface area contributed by atoms with Crippen LogP contribution in [0.2, 0.25) is 18.1 Å². The van der Waals surface area contributed by atoms with Gasteiger partial charge >= 0.3 is 6.09 Å². The second kappa shape index (κ2) is 6.04. The molecule has 1 atom stereocenters. The second-order valence-electron chi connectivity index (χ2n) is 7.42. The van der Waals surface area contributed by atoms with E-state index in [9.17, 15) is 14.4 Å². The van der Waals surface area contributed by atoms with Gasteiger partial charge < -0.3 is 9.53 Å². The van der Waals surface area contributed by atoms with E-state index in [0.29, 0.717) is 5.75 Å². The number of imide groups is 3. The van der Waals surface area contributed by atoms with Crippen LogP contribution in [-0.4, -0.2) is 46.0 Å². The van der Waals surface area contributed by atoms with Gasteiger partial charge in [-0.3, -0.25) is 14.3 Å². The Morgan fingerprint density at radius 1 is 1.38 bits per heavy atom. The van der Waals surface area contributed by atoms with Crippen LogP contribution in [0.15, 0.2) is 12.4 Å². The molecule has 8 nitrogen and oxygen atoms in total. The van der Waals surface area contributed by atoms with E-state index in [0.717, 1.165) is 0 Å². The van der Waals surface area contributed by atoms with Crippen LogP contribution in [0, 0.1) is 0 Å². The number of rotatable bonds is 3. The maximum Gasteiger partial charge on any atom is 0.421 e. The van der Waals surface area contributed by atoms with Gasteiger partial charge in [0.1, 0.15) is 11.8 Å². The summed E-state index contributed by atoms with van der Waals surface area (Å²) in [5.74, 6) is -0.928. The van der Waals surface area contributed by atoms with E-state index in [1.807, 2.05) is 0 Å². The average Bonchev–Trinajstić information content (AvgIpc) is 2.84. The van der Waals surface area contributed by atoms with Gasteiger partial charge in [-0.25, -0.2) is 4.79 Å². The van der Waals surface area contributed by atoms with Gasteiger partial charge in [-0.2, -0.15) is 10.00 Å². The zero-order valence-electron chi connectivity index (χ0n) is 14.6. The molecule has 2 heterocycles. The van der Waals surface area contributed by atoms with E-state index in [1.54, 1.807) is 6.20 Å². The van der Waals surface area contributed by atoms with Crippen molar-refractivity contribution in [2.24, 2.45) is 0 Å². The van der Waals surface area contributed by atoms with Crippen LogP contribution in [0.25, 0.3) is 0 Å². The number of carbonyl (C=O) groups is 3. The normalized spacial score (nSPS) is 19.5. The lowest BCUT2D eigenvalue weighted by Gasteiger charge is -2.35. The Balaban J connectivity index is 2.20. The summed E-state index contributed by atoms with van der Waals surface area (Å²) < 4.78 is 7.50. The summed E-state index contributed by atoms with van der Waals surface area (Å²) in [5, 5.41) is 13.2. The first-order chi connectivity index (χ1) is 10.9. The zero-order valence-corrected chi connectivity index (χ0v) is 15.6. The fraction of sp³-hybridized carbons (Fsp3) is 0.600. The average molecular weight is 353 g/mol. The zero-order chi connectivity index (χ0) is 18.3. The third-order valence-corrected chi connectivity index (χ3v) is 9.01. The molecule has 1 aromatic heterocycles. The molecule has 1 fully saturated rings. The van der Waals surface area contributed by atoms with E-state index in [2.05, 4.69) is 39.0 Å². The molecule has 0 aromatic carbocycles. The number of hydrogen-bond donors (Lipinski definition) is 1. The summed E-state index contributed by atoms with van der Waals surface area (Å²) in [4.78, 5) is 35.2. The molecular weight excluding hydrogens is 330 g/mol. The number of aromatic nitrogens is 2. The first kappa shape index (κ1) is 18.2. The highest BCUT2D eigenvalue weighted by Gasteiger charge is 2.41. The van der Waals surface area contributed by atoms with Crippen LogP contribution in [0.5, 0.6) is 5.75 Å². The van der Waals surface area contributed by atoms with E-state index in [1.165, 1.54) is 10.9 Å². The van der Waals surface area contributed by atoms with E-state index < -0.39 is 32.3 Å². The molecule has 3 amide bonds. The molecule has 9 heteroatoms. The maximum absolute atomic E-state index is 12.3. The molecule has 1 N–H and O–H groups in total. The summed E-state index contributed by atoms with van der Waals surface area (Å²) in [6, 6.07) is -0.810. The van der Waals surface area contributed by atoms with Gasteiger partial charge in [0, 0.05) is 6.42 Å². The molecular formula is C15H23N3O5Si. The van der Waals surface area contributed by atoms with Gasteiger partial charge in [-0.05, 0) is 24.6 Å². The highest BCUT2D eigenvalue weighted by Crippen LogP contribution is 2.37. The number of piperidine rings is 1. The summed E-state index contributed by atoms with van der Waals surface area (Å²) in [6.45, 7) is 10.5. The van der Waals surface area contributed by atoms with Crippen molar-refractivity contribution in [3.8, 4) is 5.75 Å². The lowest BCUT2D eigenvalue weighted by molar-refractivity contribution is -0.148. The van der Waals surface area contributed by atoms with Gasteiger partial charge in [0.25, 0.3) is 14.2 Å². The third kappa shape index (κ3) is 3.35. The minimum atomic E-state index is -2.04. The standard InChI is InChI=1S/C15H23N3O5Si/c1-15(2,3)24(4,5)23-10-8-16-17(9-10)11-6-7-12(19)18(13(11)20)14(21)22/h8-9,11H,6-7H2,1-5H3,(H,21,22). The Bertz CT molecular complexity index is 677. The van der Waals surface area contributed by atoms with E-state index >= 15 is 0 Å².